The number of nitrogen functional groups attached to an aromatic ring is 1. The average molecular weight is 357 g/mol. The smallest absolute Gasteiger partial charge is 0.216 e. The van der Waals surface area contributed by atoms with Crippen LogP contribution in [-0.2, 0) is 0 Å². The Morgan fingerprint density at radius 3 is 2.64 bits per heavy atom. The fraction of sp³-hybridized carbons (Fsp3) is 0.235. The SMILES string of the molecule is COc1ccc(-n2c(C)cc(C(=O)CSc3n[nH]c(N)n3)c2C)cc1. The number of hydrogen-bond donors (Lipinski definition) is 2. The highest BCUT2D eigenvalue weighted by atomic mass is 32.2. The number of nitrogens with zero attached hydrogens (tertiary/aromatic N) is 3. The third-order valence-corrected chi connectivity index (χ3v) is 4.72. The Labute approximate surface area is 149 Å². The average Bonchev–Trinajstić information content (AvgIpc) is 3.16. The van der Waals surface area contributed by atoms with Gasteiger partial charge in [0.05, 0.1) is 12.9 Å². The van der Waals surface area contributed by atoms with Gasteiger partial charge in [0.1, 0.15) is 5.75 Å². The summed E-state index contributed by atoms with van der Waals surface area (Å²) in [7, 11) is 1.64. The molecule has 0 fully saturated rings. The Kier molecular flexibility index (Phi) is 4.80. The van der Waals surface area contributed by atoms with Gasteiger partial charge in [0.15, 0.2) is 5.78 Å². The van der Waals surface area contributed by atoms with Crippen molar-refractivity contribution in [2.24, 2.45) is 0 Å². The minimum atomic E-state index is 0.0289. The molecule has 7 nitrogen and oxygen atoms in total. The summed E-state index contributed by atoms with van der Waals surface area (Å²) in [5.41, 5.74) is 9.08. The van der Waals surface area contributed by atoms with Crippen LogP contribution in [0.4, 0.5) is 5.95 Å². The number of H-pyrrole nitrogens is 1. The van der Waals surface area contributed by atoms with Crippen LogP contribution in [0.5, 0.6) is 5.75 Å². The largest absolute Gasteiger partial charge is 0.497 e. The second-order valence-corrected chi connectivity index (χ2v) is 6.48. The van der Waals surface area contributed by atoms with Crippen LogP contribution in [0.2, 0.25) is 0 Å². The number of rotatable bonds is 6. The van der Waals surface area contributed by atoms with Gasteiger partial charge >= 0.3 is 0 Å². The first-order valence-corrected chi connectivity index (χ1v) is 8.65. The fourth-order valence-corrected chi connectivity index (χ4v) is 3.39. The molecule has 130 valence electrons. The topological polar surface area (TPSA) is 98.8 Å². The number of anilines is 1. The molecule has 3 N–H and O–H groups in total. The number of nitrogens with one attached hydrogen (secondary N) is 1. The number of carbonyl (C=O) groups is 1. The van der Waals surface area contributed by atoms with E-state index in [0.717, 1.165) is 22.8 Å². The first-order valence-electron chi connectivity index (χ1n) is 7.67. The Morgan fingerprint density at radius 1 is 1.32 bits per heavy atom. The summed E-state index contributed by atoms with van der Waals surface area (Å²) in [4.78, 5) is 16.6. The molecule has 0 aliphatic heterocycles. The van der Waals surface area contributed by atoms with Gasteiger partial charge < -0.3 is 15.0 Å². The van der Waals surface area contributed by atoms with Crippen LogP contribution in [0.15, 0.2) is 35.5 Å². The van der Waals surface area contributed by atoms with Gasteiger partial charge in [0, 0.05) is 22.6 Å². The summed E-state index contributed by atoms with van der Waals surface area (Å²) in [6.45, 7) is 3.93. The van der Waals surface area contributed by atoms with Gasteiger partial charge in [-0.2, -0.15) is 4.98 Å². The molecule has 0 amide bonds. The number of Topliss-reactive ketones (excluding diaryl/α,β-unsaturated/α-hetero) is 1. The molecule has 25 heavy (non-hydrogen) atoms. The van der Waals surface area contributed by atoms with E-state index < -0.39 is 0 Å². The molecule has 0 aliphatic rings. The summed E-state index contributed by atoms with van der Waals surface area (Å²) in [6.07, 6.45) is 0. The lowest BCUT2D eigenvalue weighted by molar-refractivity contribution is 0.102. The van der Waals surface area contributed by atoms with Gasteiger partial charge in [-0.05, 0) is 44.2 Å². The van der Waals surface area contributed by atoms with Crippen LogP contribution in [0.3, 0.4) is 0 Å². The van der Waals surface area contributed by atoms with E-state index in [2.05, 4.69) is 19.7 Å². The molecule has 0 unspecified atom stereocenters. The zero-order valence-corrected chi connectivity index (χ0v) is 15.1. The molecule has 8 heteroatoms. The Balaban J connectivity index is 1.81. The minimum Gasteiger partial charge on any atom is -0.497 e. The van der Waals surface area contributed by atoms with E-state index in [0.29, 0.717) is 10.7 Å². The number of hydrogen-bond acceptors (Lipinski definition) is 6. The van der Waals surface area contributed by atoms with Crippen molar-refractivity contribution in [2.45, 2.75) is 19.0 Å². The summed E-state index contributed by atoms with van der Waals surface area (Å²) in [6, 6.07) is 9.66. The van der Waals surface area contributed by atoms with E-state index in [1.807, 2.05) is 44.2 Å². The standard InChI is InChI=1S/C17H19N5O2S/c1-10-8-14(15(23)9-25-17-19-16(18)20-21-17)11(2)22(10)12-4-6-13(24-3)7-5-12/h4-8H,9H2,1-3H3,(H3,18,19,20,21). The van der Waals surface area contributed by atoms with Crippen LogP contribution >= 0.6 is 11.8 Å². The van der Waals surface area contributed by atoms with Crippen LogP contribution in [-0.4, -0.2) is 38.4 Å². The molecule has 0 radical (unpaired) electrons. The van der Waals surface area contributed by atoms with Gasteiger partial charge in [-0.15, -0.1) is 5.10 Å². The molecule has 0 saturated carbocycles. The highest BCUT2D eigenvalue weighted by Crippen LogP contribution is 2.24. The van der Waals surface area contributed by atoms with Crippen molar-refractivity contribution in [1.82, 2.24) is 19.7 Å². The molecule has 0 aliphatic carbocycles. The number of methoxy groups -OCH3 is 1. The van der Waals surface area contributed by atoms with Crippen molar-refractivity contribution < 1.29 is 9.53 Å². The van der Waals surface area contributed by atoms with E-state index in [1.54, 1.807) is 7.11 Å². The van der Waals surface area contributed by atoms with Gasteiger partial charge in [-0.3, -0.25) is 4.79 Å². The summed E-state index contributed by atoms with van der Waals surface area (Å²) in [5, 5.41) is 6.95. The molecule has 3 rings (SSSR count). The lowest BCUT2D eigenvalue weighted by Gasteiger charge is -2.10. The van der Waals surface area contributed by atoms with Crippen molar-refractivity contribution in [3.8, 4) is 11.4 Å². The van der Waals surface area contributed by atoms with E-state index in [1.165, 1.54) is 11.8 Å². The van der Waals surface area contributed by atoms with Crippen LogP contribution in [0.25, 0.3) is 5.69 Å². The number of ketones is 1. The Hall–Kier alpha value is -2.74. The summed E-state index contributed by atoms with van der Waals surface area (Å²) >= 11 is 1.26. The number of benzene rings is 1. The predicted octanol–water partition coefficient (Wildman–Crippen LogP) is 2.78. The molecular weight excluding hydrogens is 338 g/mol. The number of aryl methyl sites for hydroxylation is 1. The molecule has 3 aromatic rings. The predicted molar refractivity (Wildman–Crippen MR) is 97.6 cm³/mol. The Bertz CT molecular complexity index is 898. The van der Waals surface area contributed by atoms with Crippen molar-refractivity contribution in [3.05, 3.63) is 47.3 Å². The maximum Gasteiger partial charge on any atom is 0.216 e. The molecule has 2 aromatic heterocycles. The van der Waals surface area contributed by atoms with Gasteiger partial charge in [-0.1, -0.05) is 11.8 Å². The molecule has 0 atom stereocenters. The van der Waals surface area contributed by atoms with Crippen molar-refractivity contribution in [3.63, 3.8) is 0 Å². The number of aromatic amines is 1. The van der Waals surface area contributed by atoms with Gasteiger partial charge in [0.2, 0.25) is 11.1 Å². The molecule has 0 saturated heterocycles. The third kappa shape index (κ3) is 3.53. The third-order valence-electron chi connectivity index (χ3n) is 3.88. The highest BCUT2D eigenvalue weighted by molar-refractivity contribution is 7.99. The van der Waals surface area contributed by atoms with E-state index in [9.17, 15) is 4.79 Å². The highest BCUT2D eigenvalue weighted by Gasteiger charge is 2.17. The quantitative estimate of drug-likeness (QED) is 0.520. The van der Waals surface area contributed by atoms with E-state index >= 15 is 0 Å². The first-order chi connectivity index (χ1) is 12.0. The normalized spacial score (nSPS) is 10.8. The number of nitrogens with two attached hydrogens (primary N) is 1. The zero-order valence-electron chi connectivity index (χ0n) is 14.2. The summed E-state index contributed by atoms with van der Waals surface area (Å²) in [5.74, 6) is 1.32. The van der Waals surface area contributed by atoms with Crippen molar-refractivity contribution in [1.29, 1.82) is 0 Å². The lowest BCUT2D eigenvalue weighted by Crippen LogP contribution is -2.05. The van der Waals surface area contributed by atoms with E-state index in [4.69, 9.17) is 10.5 Å². The second kappa shape index (κ2) is 7.02. The molecule has 0 bridgehead atoms. The number of thioether (sulfide) groups is 1. The molecular formula is C17H19N5O2S. The van der Waals surface area contributed by atoms with Crippen LogP contribution in [0.1, 0.15) is 21.7 Å². The maximum absolute atomic E-state index is 12.6. The Morgan fingerprint density at radius 2 is 2.04 bits per heavy atom. The lowest BCUT2D eigenvalue weighted by atomic mass is 10.2. The number of ether oxygens (including phenoxy) is 1. The summed E-state index contributed by atoms with van der Waals surface area (Å²) < 4.78 is 7.25. The van der Waals surface area contributed by atoms with E-state index in [-0.39, 0.29) is 17.5 Å². The van der Waals surface area contributed by atoms with Crippen molar-refractivity contribution >= 4 is 23.5 Å². The molecule has 0 spiro atoms. The number of aromatic nitrogens is 4. The fourth-order valence-electron chi connectivity index (χ4n) is 2.70. The van der Waals surface area contributed by atoms with Gasteiger partial charge in [-0.25, -0.2) is 5.10 Å². The minimum absolute atomic E-state index is 0.0289. The monoisotopic (exact) mass is 357 g/mol. The van der Waals surface area contributed by atoms with Crippen molar-refractivity contribution in [2.75, 3.05) is 18.6 Å². The second-order valence-electron chi connectivity index (χ2n) is 5.53. The van der Waals surface area contributed by atoms with Crippen LogP contribution in [0, 0.1) is 13.8 Å². The molecule has 2 heterocycles. The van der Waals surface area contributed by atoms with Gasteiger partial charge in [0.25, 0.3) is 0 Å². The number of carbonyl (C=O) groups excluding carboxylic acids is 1. The first kappa shape index (κ1) is 17.1. The van der Waals surface area contributed by atoms with Crippen LogP contribution < -0.4 is 10.5 Å². The maximum atomic E-state index is 12.6. The molecule has 1 aromatic carbocycles. The zero-order chi connectivity index (χ0) is 18.0.